The van der Waals surface area contributed by atoms with Gasteiger partial charge in [0, 0.05) is 12.5 Å². The first-order valence-electron chi connectivity index (χ1n) is 8.38. The lowest BCUT2D eigenvalue weighted by molar-refractivity contribution is -0.140. The molecule has 2 atom stereocenters. The molecule has 0 radical (unpaired) electrons. The van der Waals surface area contributed by atoms with Crippen molar-refractivity contribution in [1.29, 1.82) is 0 Å². The van der Waals surface area contributed by atoms with Crippen molar-refractivity contribution in [3.05, 3.63) is 46.7 Å². The summed E-state index contributed by atoms with van der Waals surface area (Å²) >= 11 is 5.89. The normalized spacial score (nSPS) is 23.0. The minimum Gasteiger partial charge on any atom is -0.461 e. The third kappa shape index (κ3) is 3.77. The molecule has 0 aliphatic carbocycles. The molecule has 1 aromatic carbocycles. The summed E-state index contributed by atoms with van der Waals surface area (Å²) in [5.74, 6) is -2.26. The molecule has 1 amide bonds. The summed E-state index contributed by atoms with van der Waals surface area (Å²) in [6.07, 6.45) is 0. The van der Waals surface area contributed by atoms with Crippen molar-refractivity contribution in [1.82, 2.24) is 4.90 Å². The van der Waals surface area contributed by atoms with E-state index in [9.17, 15) is 22.8 Å². The van der Waals surface area contributed by atoms with Crippen LogP contribution in [0.15, 0.2) is 35.5 Å². The summed E-state index contributed by atoms with van der Waals surface area (Å²) in [5.41, 5.74) is 1.66. The van der Waals surface area contributed by atoms with E-state index in [1.165, 1.54) is 6.92 Å². The van der Waals surface area contributed by atoms with Crippen LogP contribution in [0.25, 0.3) is 0 Å². The lowest BCUT2D eigenvalue weighted by atomic mass is 10.1. The Morgan fingerprint density at radius 2 is 1.82 bits per heavy atom. The van der Waals surface area contributed by atoms with Gasteiger partial charge in [-0.05, 0) is 19.1 Å². The van der Waals surface area contributed by atoms with Crippen molar-refractivity contribution in [3.63, 3.8) is 0 Å². The maximum Gasteiger partial charge on any atom is 0.338 e. The van der Waals surface area contributed by atoms with Crippen molar-refractivity contribution in [2.45, 2.75) is 24.6 Å². The molecular formula is C18H18ClNO7S. The lowest BCUT2D eigenvalue weighted by Gasteiger charge is -2.47. The third-order valence-electron chi connectivity index (χ3n) is 4.50. The number of halogens is 1. The summed E-state index contributed by atoms with van der Waals surface area (Å²) in [4.78, 5) is 36.6. The molecule has 3 rings (SSSR count). The molecule has 2 aliphatic rings. The number of sulfone groups is 1. The van der Waals surface area contributed by atoms with Crippen molar-refractivity contribution >= 4 is 39.3 Å². The second-order valence-electron chi connectivity index (χ2n) is 6.58. The van der Waals surface area contributed by atoms with Crippen LogP contribution in [0.2, 0.25) is 0 Å². The Bertz CT molecular complexity index is 968. The molecule has 1 saturated heterocycles. The molecule has 2 heterocycles. The second kappa shape index (κ2) is 7.56. The smallest absolute Gasteiger partial charge is 0.338 e. The Balaban J connectivity index is 1.86. The first-order valence-corrected chi connectivity index (χ1v) is 10.5. The highest BCUT2D eigenvalue weighted by atomic mass is 35.5. The number of ether oxygens (including phenoxy) is 2. The van der Waals surface area contributed by atoms with Gasteiger partial charge in [-0.1, -0.05) is 17.7 Å². The SMILES string of the molecule is CC(=O)OCC1=C(COC(=O)c2ccc(C)cc2)N2C(=O)[C@H](Cl)[C@H]2S(=O)(=O)C1. The van der Waals surface area contributed by atoms with Gasteiger partial charge in [0.15, 0.2) is 15.2 Å². The Morgan fingerprint density at radius 3 is 2.43 bits per heavy atom. The number of β-lactam (4-membered cyclic amide) rings is 1. The van der Waals surface area contributed by atoms with E-state index in [-0.39, 0.29) is 24.5 Å². The maximum atomic E-state index is 12.4. The van der Waals surface area contributed by atoms with E-state index in [2.05, 4.69) is 0 Å². The van der Waals surface area contributed by atoms with Gasteiger partial charge < -0.3 is 9.47 Å². The van der Waals surface area contributed by atoms with Gasteiger partial charge in [-0.15, -0.1) is 11.6 Å². The molecule has 28 heavy (non-hydrogen) atoms. The standard InChI is InChI=1S/C18H18ClNO7S/c1-10-3-5-12(6-4-10)18(23)27-8-14-13(7-26-11(2)21)9-28(24,25)17-15(19)16(22)20(14)17/h3-6,15,17H,7-9H2,1-2H3/t15-,17+/m0/s1. The van der Waals surface area contributed by atoms with Crippen LogP contribution in [0.4, 0.5) is 0 Å². The third-order valence-corrected chi connectivity index (χ3v) is 7.04. The Hall–Kier alpha value is -2.39. The molecule has 2 aliphatic heterocycles. The van der Waals surface area contributed by atoms with Crippen molar-refractivity contribution in [2.24, 2.45) is 0 Å². The highest BCUT2D eigenvalue weighted by Gasteiger charge is 2.58. The number of hydrogen-bond acceptors (Lipinski definition) is 7. The quantitative estimate of drug-likeness (QED) is 0.394. The van der Waals surface area contributed by atoms with E-state index >= 15 is 0 Å². The molecule has 0 unspecified atom stereocenters. The van der Waals surface area contributed by atoms with E-state index in [4.69, 9.17) is 21.1 Å². The van der Waals surface area contributed by atoms with Crippen molar-refractivity contribution in [3.8, 4) is 0 Å². The fourth-order valence-corrected chi connectivity index (χ4v) is 5.66. The topological polar surface area (TPSA) is 107 Å². The summed E-state index contributed by atoms with van der Waals surface area (Å²) < 4.78 is 35.0. The fraction of sp³-hybridized carbons (Fsp3) is 0.389. The summed E-state index contributed by atoms with van der Waals surface area (Å²) in [6.45, 7) is 2.39. The van der Waals surface area contributed by atoms with Crippen LogP contribution >= 0.6 is 11.6 Å². The zero-order valence-corrected chi connectivity index (χ0v) is 16.7. The van der Waals surface area contributed by atoms with Crippen LogP contribution < -0.4 is 0 Å². The first-order chi connectivity index (χ1) is 13.1. The fourth-order valence-electron chi connectivity index (χ4n) is 3.03. The molecule has 0 bridgehead atoms. The van der Waals surface area contributed by atoms with Crippen LogP contribution in [0.1, 0.15) is 22.8 Å². The number of aryl methyl sites for hydroxylation is 1. The molecule has 0 N–H and O–H groups in total. The Kier molecular flexibility index (Phi) is 5.49. The maximum absolute atomic E-state index is 12.4. The number of esters is 2. The zero-order valence-electron chi connectivity index (χ0n) is 15.2. The van der Waals surface area contributed by atoms with Gasteiger partial charge in [-0.25, -0.2) is 13.2 Å². The average molecular weight is 428 g/mol. The van der Waals surface area contributed by atoms with Gasteiger partial charge in [0.1, 0.15) is 18.6 Å². The monoisotopic (exact) mass is 427 g/mol. The molecule has 0 spiro atoms. The van der Waals surface area contributed by atoms with E-state index < -0.39 is 44.2 Å². The van der Waals surface area contributed by atoms with Crippen LogP contribution in [0, 0.1) is 6.92 Å². The number of hydrogen-bond donors (Lipinski definition) is 0. The number of benzene rings is 1. The number of fused-ring (bicyclic) bond motifs is 1. The number of nitrogens with zero attached hydrogens (tertiary/aromatic N) is 1. The molecule has 1 fully saturated rings. The molecule has 0 saturated carbocycles. The number of rotatable bonds is 5. The molecule has 150 valence electrons. The summed E-state index contributed by atoms with van der Waals surface area (Å²) in [5, 5.41) is -2.40. The van der Waals surface area contributed by atoms with Gasteiger partial charge in [0.25, 0.3) is 0 Å². The largest absolute Gasteiger partial charge is 0.461 e. The van der Waals surface area contributed by atoms with Gasteiger partial charge in [-0.2, -0.15) is 0 Å². The van der Waals surface area contributed by atoms with Gasteiger partial charge in [0.05, 0.1) is 17.0 Å². The van der Waals surface area contributed by atoms with E-state index in [1.807, 2.05) is 6.92 Å². The number of alkyl halides is 1. The molecule has 0 aromatic heterocycles. The zero-order chi connectivity index (χ0) is 20.6. The van der Waals surface area contributed by atoms with Crippen molar-refractivity contribution < 1.29 is 32.3 Å². The highest BCUT2D eigenvalue weighted by Crippen LogP contribution is 2.39. The van der Waals surface area contributed by atoms with Gasteiger partial charge >= 0.3 is 11.9 Å². The number of carbonyl (C=O) groups excluding carboxylic acids is 3. The van der Waals surface area contributed by atoms with Gasteiger partial charge in [-0.3, -0.25) is 14.5 Å². The van der Waals surface area contributed by atoms with E-state index in [0.717, 1.165) is 10.5 Å². The molecule has 1 aromatic rings. The predicted octanol–water partition coefficient (Wildman–Crippen LogP) is 1.17. The Morgan fingerprint density at radius 1 is 1.18 bits per heavy atom. The minimum absolute atomic E-state index is 0.181. The second-order valence-corrected chi connectivity index (χ2v) is 9.15. The molecular weight excluding hydrogens is 410 g/mol. The number of carbonyl (C=O) groups is 3. The van der Waals surface area contributed by atoms with E-state index in [0.29, 0.717) is 5.56 Å². The average Bonchev–Trinajstić information content (AvgIpc) is 2.63. The van der Waals surface area contributed by atoms with Crippen LogP contribution in [-0.4, -0.2) is 60.9 Å². The highest BCUT2D eigenvalue weighted by molar-refractivity contribution is 7.92. The van der Waals surface area contributed by atoms with Gasteiger partial charge in [0.2, 0.25) is 5.91 Å². The summed E-state index contributed by atoms with van der Waals surface area (Å²) in [7, 11) is -3.75. The van der Waals surface area contributed by atoms with E-state index in [1.54, 1.807) is 24.3 Å². The summed E-state index contributed by atoms with van der Waals surface area (Å²) in [6, 6.07) is 6.71. The Labute approximate surface area is 167 Å². The van der Waals surface area contributed by atoms with Crippen molar-refractivity contribution in [2.75, 3.05) is 19.0 Å². The predicted molar refractivity (Wildman–Crippen MR) is 99.2 cm³/mol. The first kappa shape index (κ1) is 20.3. The lowest BCUT2D eigenvalue weighted by Crippen LogP contribution is -2.67. The number of amides is 1. The minimum atomic E-state index is -3.75. The molecule has 10 heteroatoms. The van der Waals surface area contributed by atoms with Crippen LogP contribution in [0.5, 0.6) is 0 Å². The molecule has 8 nitrogen and oxygen atoms in total. The van der Waals surface area contributed by atoms with Crippen LogP contribution in [-0.2, 0) is 28.9 Å². The van der Waals surface area contributed by atoms with Crippen LogP contribution in [0.3, 0.4) is 0 Å².